The molecule has 14 nitrogen and oxygen atoms in total. The summed E-state index contributed by atoms with van der Waals surface area (Å²) in [6.45, 7) is 13.5. The molecule has 2 aromatic carbocycles. The summed E-state index contributed by atoms with van der Waals surface area (Å²) >= 11 is 0. The molecule has 0 spiro atoms. The highest BCUT2D eigenvalue weighted by molar-refractivity contribution is 6.12. The Balaban J connectivity index is 0.926. The molecule has 4 aliphatic rings. The van der Waals surface area contributed by atoms with E-state index in [0.717, 1.165) is 121 Å². The van der Waals surface area contributed by atoms with Gasteiger partial charge in [-0.05, 0) is 87.8 Å². The van der Waals surface area contributed by atoms with Gasteiger partial charge in [-0.25, -0.2) is 9.67 Å². The molecule has 2 saturated heterocycles. The average Bonchev–Trinajstić information content (AvgIpc) is 3.92. The van der Waals surface area contributed by atoms with Crippen LogP contribution in [0.1, 0.15) is 91.8 Å². The van der Waals surface area contributed by atoms with Crippen molar-refractivity contribution in [2.75, 3.05) is 44.8 Å². The first-order valence-corrected chi connectivity index (χ1v) is 21.8. The highest BCUT2D eigenvalue weighted by Crippen LogP contribution is 2.32. The number of aliphatic imine (C=N–C) groups is 1. The van der Waals surface area contributed by atoms with Crippen molar-refractivity contribution in [3.8, 4) is 11.1 Å². The first-order chi connectivity index (χ1) is 29.4. The highest BCUT2D eigenvalue weighted by atomic mass is 16.5. The maximum absolute atomic E-state index is 13.6. The van der Waals surface area contributed by atoms with Crippen molar-refractivity contribution >= 4 is 40.5 Å². The van der Waals surface area contributed by atoms with Crippen LogP contribution in [0.3, 0.4) is 0 Å². The summed E-state index contributed by atoms with van der Waals surface area (Å²) in [5.74, 6) is -0.293. The fraction of sp³-hybridized carbons (Fsp3) is 0.478. The molecule has 4 aliphatic heterocycles. The van der Waals surface area contributed by atoms with Gasteiger partial charge in [0, 0.05) is 98.5 Å². The Kier molecular flexibility index (Phi) is 12.9. The van der Waals surface area contributed by atoms with Crippen LogP contribution in [-0.4, -0.2) is 101 Å². The number of hydrazone groups is 1. The number of ether oxygens (including phenoxy) is 2. The SMILES string of the molecule is CCC1=C(CNC(=O)c2ccc(-c3ccc(C(=O)NCc4c(CC)nc5c(cnn5CC)c4NC4CCOCC4)cc3)cc2)C(=NC2CCOCC2)C2C=NN(CC)C2N1. The number of amides is 2. The lowest BCUT2D eigenvalue weighted by Crippen LogP contribution is -2.52. The van der Waals surface area contributed by atoms with Crippen molar-refractivity contribution in [1.82, 2.24) is 35.7 Å². The molecule has 14 heteroatoms. The first-order valence-electron chi connectivity index (χ1n) is 21.8. The predicted molar refractivity (Wildman–Crippen MR) is 235 cm³/mol. The molecule has 0 saturated carbocycles. The summed E-state index contributed by atoms with van der Waals surface area (Å²) in [6, 6.07) is 15.6. The molecule has 4 N–H and O–H groups in total. The van der Waals surface area contributed by atoms with Crippen LogP contribution < -0.4 is 21.3 Å². The van der Waals surface area contributed by atoms with Gasteiger partial charge in [0.1, 0.15) is 6.17 Å². The van der Waals surface area contributed by atoms with Gasteiger partial charge in [0.25, 0.3) is 11.8 Å². The number of aryl methyl sites for hydroxylation is 2. The predicted octanol–water partition coefficient (Wildman–Crippen LogP) is 6.08. The number of nitrogens with one attached hydrogen (secondary N) is 4. The van der Waals surface area contributed by atoms with E-state index in [1.807, 2.05) is 65.6 Å². The minimum absolute atomic E-state index is 0.0162. The van der Waals surface area contributed by atoms with E-state index in [9.17, 15) is 9.59 Å². The molecule has 2 fully saturated rings. The zero-order valence-electron chi connectivity index (χ0n) is 35.3. The number of anilines is 1. The average molecular weight is 815 g/mol. The van der Waals surface area contributed by atoms with Gasteiger partial charge in [-0.15, -0.1) is 0 Å². The fourth-order valence-electron chi connectivity index (χ4n) is 8.74. The maximum atomic E-state index is 13.6. The number of aromatic nitrogens is 3. The quantitative estimate of drug-likeness (QED) is 0.118. The molecule has 60 heavy (non-hydrogen) atoms. The lowest BCUT2D eigenvalue weighted by atomic mass is 9.88. The molecular formula is C46H58N10O4. The van der Waals surface area contributed by atoms with Crippen molar-refractivity contribution in [2.45, 2.75) is 97.6 Å². The Labute approximate surface area is 352 Å². The second kappa shape index (κ2) is 18.8. The number of pyridine rings is 1. The van der Waals surface area contributed by atoms with E-state index in [2.05, 4.69) is 64.2 Å². The number of rotatable bonds is 14. The summed E-state index contributed by atoms with van der Waals surface area (Å²) in [5, 5.41) is 26.2. The van der Waals surface area contributed by atoms with E-state index in [-0.39, 0.29) is 36.0 Å². The van der Waals surface area contributed by atoms with Gasteiger partial charge in [0.05, 0.1) is 34.9 Å². The zero-order chi connectivity index (χ0) is 41.6. The molecule has 2 amide bonds. The van der Waals surface area contributed by atoms with E-state index in [4.69, 9.17) is 19.5 Å². The molecule has 0 aliphatic carbocycles. The van der Waals surface area contributed by atoms with Crippen LogP contribution in [-0.2, 0) is 29.0 Å². The number of allylic oxidation sites excluding steroid dienone is 1. The Morgan fingerprint density at radius 1 is 0.817 bits per heavy atom. The minimum Gasteiger partial charge on any atom is -0.381 e. The number of carbonyl (C=O) groups excluding carboxylic acids is 2. The summed E-state index contributed by atoms with van der Waals surface area (Å²) in [4.78, 5) is 37.4. The van der Waals surface area contributed by atoms with Crippen LogP contribution in [0.4, 0.5) is 5.69 Å². The van der Waals surface area contributed by atoms with Crippen LogP contribution in [0.5, 0.6) is 0 Å². The Morgan fingerprint density at radius 3 is 2.05 bits per heavy atom. The lowest BCUT2D eigenvalue weighted by Gasteiger charge is -2.37. The standard InChI is InChI=1S/C46H58N10O4/c1-5-39-35(41(51-33-17-21-59-22-18-33)37-27-49-55(7-3)43(37)53-39)25-47-45(57)31-13-9-29(10-14-31)30-11-15-32(16-12-30)46(58)48-26-36-40(6-2)54-44-38(28-50-56(44)8-4)42(36)52-34-19-23-60-24-20-34/h9-16,27-28,33-34,37,43,53H,5-8,17-26H2,1-4H3,(H,47,57)(H,48,58)(H,52,54). The van der Waals surface area contributed by atoms with Gasteiger partial charge in [0.2, 0.25) is 0 Å². The fourth-order valence-corrected chi connectivity index (χ4v) is 8.74. The van der Waals surface area contributed by atoms with Gasteiger partial charge >= 0.3 is 0 Å². The van der Waals surface area contributed by atoms with E-state index in [0.29, 0.717) is 37.4 Å². The third-order valence-corrected chi connectivity index (χ3v) is 12.2. The summed E-state index contributed by atoms with van der Waals surface area (Å²) in [5.41, 5.74) is 9.98. The monoisotopic (exact) mass is 814 g/mol. The Morgan fingerprint density at radius 2 is 1.45 bits per heavy atom. The summed E-state index contributed by atoms with van der Waals surface area (Å²) < 4.78 is 13.2. The van der Waals surface area contributed by atoms with Crippen molar-refractivity contribution in [2.24, 2.45) is 16.0 Å². The number of benzene rings is 2. The van der Waals surface area contributed by atoms with Crippen molar-refractivity contribution in [3.63, 3.8) is 0 Å². The van der Waals surface area contributed by atoms with E-state index < -0.39 is 0 Å². The highest BCUT2D eigenvalue weighted by Gasteiger charge is 2.40. The second-order valence-corrected chi connectivity index (χ2v) is 15.8. The normalized spacial score (nSPS) is 20.4. The maximum Gasteiger partial charge on any atom is 0.251 e. The summed E-state index contributed by atoms with van der Waals surface area (Å²) in [7, 11) is 0. The smallest absolute Gasteiger partial charge is 0.251 e. The van der Waals surface area contributed by atoms with Gasteiger partial charge in [-0.2, -0.15) is 10.2 Å². The van der Waals surface area contributed by atoms with E-state index >= 15 is 0 Å². The van der Waals surface area contributed by atoms with Gasteiger partial charge in [-0.1, -0.05) is 38.1 Å². The van der Waals surface area contributed by atoms with Crippen molar-refractivity contribution in [3.05, 3.63) is 88.4 Å². The Hall–Kier alpha value is -5.60. The van der Waals surface area contributed by atoms with Crippen molar-refractivity contribution in [1.29, 1.82) is 0 Å². The van der Waals surface area contributed by atoms with Crippen LogP contribution in [0.15, 0.2) is 76.1 Å². The number of nitrogens with zero attached hydrogens (tertiary/aromatic N) is 6. The molecular weight excluding hydrogens is 757 g/mol. The first kappa shape index (κ1) is 41.1. The van der Waals surface area contributed by atoms with Crippen molar-refractivity contribution < 1.29 is 19.1 Å². The molecule has 8 rings (SSSR count). The number of carbonyl (C=O) groups is 2. The lowest BCUT2D eigenvalue weighted by molar-refractivity contribution is 0.0869. The molecule has 6 heterocycles. The zero-order valence-corrected chi connectivity index (χ0v) is 35.3. The second-order valence-electron chi connectivity index (χ2n) is 15.8. The van der Waals surface area contributed by atoms with Crippen LogP contribution >= 0.6 is 0 Å². The third kappa shape index (κ3) is 8.66. The van der Waals surface area contributed by atoms with E-state index in [1.165, 1.54) is 0 Å². The molecule has 0 radical (unpaired) electrons. The topological polar surface area (TPSA) is 159 Å². The van der Waals surface area contributed by atoms with Gasteiger partial charge in [0.15, 0.2) is 5.65 Å². The minimum atomic E-state index is -0.161. The molecule has 2 unspecified atom stereocenters. The molecule has 0 bridgehead atoms. The molecule has 4 aromatic rings. The van der Waals surface area contributed by atoms with E-state index in [1.54, 1.807) is 0 Å². The third-order valence-electron chi connectivity index (χ3n) is 12.2. The van der Waals surface area contributed by atoms with Crippen LogP contribution in [0, 0.1) is 5.92 Å². The summed E-state index contributed by atoms with van der Waals surface area (Å²) in [6.07, 6.45) is 9.05. The number of fused-ring (bicyclic) bond motifs is 2. The van der Waals surface area contributed by atoms with Crippen LogP contribution in [0.2, 0.25) is 0 Å². The Bertz CT molecular complexity index is 2250. The largest absolute Gasteiger partial charge is 0.381 e. The molecule has 316 valence electrons. The van der Waals surface area contributed by atoms with Gasteiger partial charge < -0.3 is 30.7 Å². The number of hydrogen-bond donors (Lipinski definition) is 4. The van der Waals surface area contributed by atoms with Crippen LogP contribution in [0.25, 0.3) is 22.2 Å². The molecule has 2 atom stereocenters. The van der Waals surface area contributed by atoms with Gasteiger partial charge in [-0.3, -0.25) is 19.6 Å². The number of hydrogen-bond acceptors (Lipinski definition) is 11. The molecule has 2 aromatic heterocycles.